The summed E-state index contributed by atoms with van der Waals surface area (Å²) in [6.45, 7) is 9.13. The van der Waals surface area contributed by atoms with E-state index in [1.807, 2.05) is 6.92 Å². The van der Waals surface area contributed by atoms with Gasteiger partial charge in [-0.1, -0.05) is 13.3 Å². The van der Waals surface area contributed by atoms with E-state index in [0.29, 0.717) is 25.9 Å². The second-order valence-electron chi connectivity index (χ2n) is 7.99. The number of carbonyl (C=O) groups is 3. The maximum absolute atomic E-state index is 12.7. The number of amides is 1. The Morgan fingerprint density at radius 2 is 1.72 bits per heavy atom. The van der Waals surface area contributed by atoms with Gasteiger partial charge in [-0.15, -0.1) is 10.1 Å². The minimum atomic E-state index is -1.15. The molecule has 1 amide bonds. The fourth-order valence-corrected chi connectivity index (χ4v) is 2.45. The van der Waals surface area contributed by atoms with Crippen LogP contribution >= 0.6 is 0 Å². The van der Waals surface area contributed by atoms with Crippen molar-refractivity contribution in [1.82, 2.24) is 5.32 Å². The molecule has 0 rings (SSSR count). The number of rotatable bonds is 16. The first-order valence-corrected chi connectivity index (χ1v) is 10.7. The second kappa shape index (κ2) is 16.1. The molecule has 32 heavy (non-hydrogen) atoms. The van der Waals surface area contributed by atoms with Crippen LogP contribution in [-0.4, -0.2) is 67.3 Å². The summed E-state index contributed by atoms with van der Waals surface area (Å²) in [4.78, 5) is 51.1. The van der Waals surface area contributed by atoms with Gasteiger partial charge in [0.1, 0.15) is 24.4 Å². The highest BCUT2D eigenvalue weighted by Gasteiger charge is 2.31. The van der Waals surface area contributed by atoms with Gasteiger partial charge in [0.15, 0.2) is 5.78 Å². The first-order valence-electron chi connectivity index (χ1n) is 10.7. The smallest absolute Gasteiger partial charge is 0.444 e. The molecule has 0 aliphatic heterocycles. The molecule has 0 heterocycles. The van der Waals surface area contributed by atoms with Crippen LogP contribution < -0.4 is 5.32 Å². The number of ether oxygens (including phenoxy) is 4. The van der Waals surface area contributed by atoms with Crippen molar-refractivity contribution in [1.29, 1.82) is 0 Å². The van der Waals surface area contributed by atoms with Crippen molar-refractivity contribution in [3.8, 4) is 0 Å². The molecule has 12 heteroatoms. The van der Waals surface area contributed by atoms with Gasteiger partial charge in [-0.3, -0.25) is 4.79 Å². The molecule has 1 N–H and O–H groups in total. The molecule has 0 aromatic heterocycles. The highest BCUT2D eigenvalue weighted by Crippen LogP contribution is 2.12. The number of nitrogens with one attached hydrogen (secondary N) is 1. The van der Waals surface area contributed by atoms with Crippen LogP contribution in [0.3, 0.4) is 0 Å². The van der Waals surface area contributed by atoms with E-state index >= 15 is 0 Å². The van der Waals surface area contributed by atoms with Crippen LogP contribution in [0.5, 0.6) is 0 Å². The molecule has 0 spiro atoms. The molecule has 0 saturated heterocycles. The van der Waals surface area contributed by atoms with Gasteiger partial charge in [-0.25, -0.2) is 9.59 Å². The van der Waals surface area contributed by atoms with Crippen LogP contribution in [0.25, 0.3) is 0 Å². The zero-order valence-corrected chi connectivity index (χ0v) is 19.5. The number of hydrogen-bond donors (Lipinski definition) is 1. The summed E-state index contributed by atoms with van der Waals surface area (Å²) in [6, 6.07) is -1.15. The lowest BCUT2D eigenvalue weighted by Crippen LogP contribution is -2.50. The average Bonchev–Trinajstić information content (AvgIpc) is 2.66. The molecule has 0 aromatic rings. The third-order valence-corrected chi connectivity index (χ3v) is 3.83. The van der Waals surface area contributed by atoms with Crippen molar-refractivity contribution in [2.45, 2.75) is 84.5 Å². The van der Waals surface area contributed by atoms with Gasteiger partial charge in [0.2, 0.25) is 0 Å². The summed E-state index contributed by atoms with van der Waals surface area (Å²) in [5, 5.41) is 11.7. The third-order valence-electron chi connectivity index (χ3n) is 3.83. The van der Waals surface area contributed by atoms with E-state index in [4.69, 9.17) is 18.9 Å². The van der Waals surface area contributed by atoms with E-state index in [2.05, 4.69) is 10.2 Å². The minimum absolute atomic E-state index is 0.00409. The third kappa shape index (κ3) is 16.1. The number of unbranched alkanes of at least 4 members (excludes halogenated alkanes) is 2. The maximum Gasteiger partial charge on any atom is 0.508 e. The second-order valence-corrected chi connectivity index (χ2v) is 7.99. The Balaban J connectivity index is 4.75. The van der Waals surface area contributed by atoms with Crippen LogP contribution in [0, 0.1) is 10.1 Å². The lowest BCUT2D eigenvalue weighted by molar-refractivity contribution is -0.757. The van der Waals surface area contributed by atoms with Gasteiger partial charge in [0.05, 0.1) is 13.2 Å². The molecule has 0 saturated carbocycles. The van der Waals surface area contributed by atoms with E-state index in [0.717, 1.165) is 6.42 Å². The van der Waals surface area contributed by atoms with Crippen molar-refractivity contribution in [2.75, 3.05) is 26.4 Å². The summed E-state index contributed by atoms with van der Waals surface area (Å²) in [5.74, 6) is -0.377. The van der Waals surface area contributed by atoms with E-state index in [-0.39, 0.29) is 32.0 Å². The first-order chi connectivity index (χ1) is 15.0. The van der Waals surface area contributed by atoms with Crippen molar-refractivity contribution in [3.63, 3.8) is 0 Å². The average molecular weight is 465 g/mol. The SMILES string of the molecule is CCCOCCOC(=O)OC(C)C(NC(=O)OC(C)(C)C)C(=O)CCCCCO[N+](=O)[O-]. The highest BCUT2D eigenvalue weighted by molar-refractivity contribution is 5.88. The molecule has 0 aliphatic carbocycles. The van der Waals surface area contributed by atoms with E-state index < -0.39 is 35.1 Å². The first kappa shape index (κ1) is 29.4. The zero-order valence-electron chi connectivity index (χ0n) is 19.5. The van der Waals surface area contributed by atoms with Crippen LogP contribution in [0.4, 0.5) is 9.59 Å². The Morgan fingerprint density at radius 3 is 2.31 bits per heavy atom. The minimum Gasteiger partial charge on any atom is -0.444 e. The van der Waals surface area contributed by atoms with E-state index in [9.17, 15) is 24.5 Å². The summed E-state index contributed by atoms with van der Waals surface area (Å²) >= 11 is 0. The van der Waals surface area contributed by atoms with Crippen molar-refractivity contribution in [3.05, 3.63) is 10.1 Å². The summed E-state index contributed by atoms with van der Waals surface area (Å²) in [7, 11) is 0. The van der Waals surface area contributed by atoms with Gasteiger partial charge in [0.25, 0.3) is 5.09 Å². The molecule has 0 bridgehead atoms. The van der Waals surface area contributed by atoms with E-state index in [1.54, 1.807) is 20.8 Å². The zero-order chi connectivity index (χ0) is 24.6. The number of hydrogen-bond acceptors (Lipinski definition) is 10. The number of ketones is 1. The van der Waals surface area contributed by atoms with Gasteiger partial charge in [-0.05, 0) is 47.0 Å². The van der Waals surface area contributed by atoms with E-state index in [1.165, 1.54) is 6.92 Å². The molecule has 0 radical (unpaired) electrons. The molecular weight excluding hydrogens is 428 g/mol. The topological polar surface area (TPSA) is 153 Å². The van der Waals surface area contributed by atoms with Crippen molar-refractivity contribution >= 4 is 18.0 Å². The number of alkyl carbamates (subject to hydrolysis) is 1. The highest BCUT2D eigenvalue weighted by atomic mass is 16.9. The fraction of sp³-hybridized carbons (Fsp3) is 0.850. The lowest BCUT2D eigenvalue weighted by atomic mass is 10.0. The van der Waals surface area contributed by atoms with Crippen LogP contribution in [0.1, 0.15) is 66.7 Å². The molecular formula is C20H36N2O10. The Morgan fingerprint density at radius 1 is 1.03 bits per heavy atom. The standard InChI is InChI=1S/C20H36N2O10/c1-6-11-28-13-14-29-19(25)31-15(2)17(21-18(24)32-20(3,4)5)16(23)10-8-7-9-12-30-22(26)27/h15,17H,6-14H2,1-5H3,(H,21,24). The Labute approximate surface area is 188 Å². The summed E-state index contributed by atoms with van der Waals surface area (Å²) < 4.78 is 20.4. The van der Waals surface area contributed by atoms with Gasteiger partial charge in [-0.2, -0.15) is 0 Å². The quantitative estimate of drug-likeness (QED) is 0.156. The summed E-state index contributed by atoms with van der Waals surface area (Å²) in [5.41, 5.74) is -0.782. The normalized spacial score (nSPS) is 12.9. The lowest BCUT2D eigenvalue weighted by Gasteiger charge is -2.26. The van der Waals surface area contributed by atoms with Crippen LogP contribution in [-0.2, 0) is 28.6 Å². The molecule has 2 atom stereocenters. The summed E-state index contributed by atoms with van der Waals surface area (Å²) in [6.07, 6.45) is -0.609. The molecule has 0 aromatic carbocycles. The molecule has 0 fully saturated rings. The van der Waals surface area contributed by atoms with Crippen LogP contribution in [0.2, 0.25) is 0 Å². The predicted molar refractivity (Wildman–Crippen MR) is 113 cm³/mol. The Hall–Kier alpha value is -2.63. The largest absolute Gasteiger partial charge is 0.508 e. The fourth-order valence-electron chi connectivity index (χ4n) is 2.45. The number of Topliss-reactive ketones (excluding diaryl/α,β-unsaturated/α-hetero) is 1. The number of carbonyl (C=O) groups excluding carboxylic acids is 3. The molecule has 2 unspecified atom stereocenters. The monoisotopic (exact) mass is 464 g/mol. The van der Waals surface area contributed by atoms with Crippen LogP contribution in [0.15, 0.2) is 0 Å². The van der Waals surface area contributed by atoms with Crippen molar-refractivity contribution in [2.24, 2.45) is 0 Å². The number of nitrogens with zero attached hydrogens (tertiary/aromatic N) is 1. The Kier molecular flexibility index (Phi) is 14.7. The predicted octanol–water partition coefficient (Wildman–Crippen LogP) is 3.19. The molecule has 0 aliphatic rings. The van der Waals surface area contributed by atoms with Gasteiger partial charge in [0, 0.05) is 13.0 Å². The van der Waals surface area contributed by atoms with Crippen molar-refractivity contribution < 1.29 is 43.3 Å². The van der Waals surface area contributed by atoms with Gasteiger partial charge >= 0.3 is 12.2 Å². The Bertz CT molecular complexity index is 591. The molecule has 186 valence electrons. The molecule has 12 nitrogen and oxygen atoms in total. The van der Waals surface area contributed by atoms with Gasteiger partial charge < -0.3 is 29.1 Å². The maximum atomic E-state index is 12.7.